The number of nitrogens with zero attached hydrogens (tertiary/aromatic N) is 2. The first-order chi connectivity index (χ1) is 9.76. The predicted octanol–water partition coefficient (Wildman–Crippen LogP) is 2.95. The number of anilines is 1. The van der Waals surface area contributed by atoms with Gasteiger partial charge in [-0.05, 0) is 24.3 Å². The molecule has 0 aliphatic carbocycles. The Hall–Kier alpha value is -2.47. The molecule has 0 aliphatic heterocycles. The number of methoxy groups -OCH3 is 1. The Kier molecular flexibility index (Phi) is 3.30. The second-order valence-electron chi connectivity index (χ2n) is 4.05. The van der Waals surface area contributed by atoms with E-state index in [1.807, 2.05) is 24.3 Å². The fraction of sp³-hybridized carbons (Fsp3) is 0.0714. The zero-order valence-corrected chi connectivity index (χ0v) is 11.5. The van der Waals surface area contributed by atoms with Gasteiger partial charge in [0, 0.05) is 17.0 Å². The number of benzene rings is 1. The van der Waals surface area contributed by atoms with Crippen LogP contribution in [0.1, 0.15) is 10.5 Å². The number of rotatable bonds is 3. The van der Waals surface area contributed by atoms with Gasteiger partial charge in [0.1, 0.15) is 11.4 Å². The van der Waals surface area contributed by atoms with Crippen molar-refractivity contribution in [3.05, 3.63) is 47.6 Å². The van der Waals surface area contributed by atoms with Crippen LogP contribution in [-0.2, 0) is 0 Å². The van der Waals surface area contributed by atoms with Crippen molar-refractivity contribution < 1.29 is 9.53 Å². The monoisotopic (exact) mass is 285 g/mol. The van der Waals surface area contributed by atoms with Crippen molar-refractivity contribution >= 4 is 33.3 Å². The Morgan fingerprint density at radius 2 is 2.20 bits per heavy atom. The first-order valence-electron chi connectivity index (χ1n) is 5.92. The van der Waals surface area contributed by atoms with E-state index in [4.69, 9.17) is 4.74 Å². The van der Waals surface area contributed by atoms with E-state index in [1.165, 1.54) is 11.3 Å². The van der Waals surface area contributed by atoms with Crippen LogP contribution in [0.15, 0.2) is 41.9 Å². The normalized spacial score (nSPS) is 10.4. The smallest absolute Gasteiger partial charge is 0.276 e. The molecule has 6 heteroatoms. The van der Waals surface area contributed by atoms with E-state index >= 15 is 0 Å². The molecule has 1 N–H and O–H groups in total. The SMILES string of the molecule is COc1ccc2nc(C(=O)Nc3nccs3)ccc2c1. The number of amides is 1. The molecule has 0 fully saturated rings. The van der Waals surface area contributed by atoms with Gasteiger partial charge in [-0.25, -0.2) is 9.97 Å². The lowest BCUT2D eigenvalue weighted by Crippen LogP contribution is -2.13. The minimum absolute atomic E-state index is 0.266. The van der Waals surface area contributed by atoms with E-state index < -0.39 is 0 Å². The predicted molar refractivity (Wildman–Crippen MR) is 78.4 cm³/mol. The van der Waals surface area contributed by atoms with Crippen LogP contribution in [0.25, 0.3) is 10.9 Å². The van der Waals surface area contributed by atoms with Gasteiger partial charge in [-0.15, -0.1) is 11.3 Å². The summed E-state index contributed by atoms with van der Waals surface area (Å²) in [6.45, 7) is 0. The summed E-state index contributed by atoms with van der Waals surface area (Å²) in [7, 11) is 1.62. The number of thiazole rings is 1. The van der Waals surface area contributed by atoms with E-state index in [9.17, 15) is 4.79 Å². The molecule has 3 rings (SSSR count). The number of carbonyl (C=O) groups excluding carboxylic acids is 1. The van der Waals surface area contributed by atoms with Crippen LogP contribution in [0, 0.1) is 0 Å². The maximum atomic E-state index is 12.0. The van der Waals surface area contributed by atoms with Crippen molar-refractivity contribution in [2.45, 2.75) is 0 Å². The molecule has 0 atom stereocenters. The van der Waals surface area contributed by atoms with Crippen molar-refractivity contribution in [2.24, 2.45) is 0 Å². The van der Waals surface area contributed by atoms with Crippen molar-refractivity contribution in [3.63, 3.8) is 0 Å². The third-order valence-corrected chi connectivity index (χ3v) is 3.47. The topological polar surface area (TPSA) is 64.1 Å². The second kappa shape index (κ2) is 5.26. The largest absolute Gasteiger partial charge is 0.497 e. The number of carbonyl (C=O) groups is 1. The van der Waals surface area contributed by atoms with Gasteiger partial charge in [0.15, 0.2) is 5.13 Å². The summed E-state index contributed by atoms with van der Waals surface area (Å²) in [5.41, 5.74) is 1.11. The molecule has 3 aromatic rings. The summed E-state index contributed by atoms with van der Waals surface area (Å²) in [6, 6.07) is 9.06. The number of hydrogen-bond donors (Lipinski definition) is 1. The molecule has 20 heavy (non-hydrogen) atoms. The first-order valence-corrected chi connectivity index (χ1v) is 6.80. The van der Waals surface area contributed by atoms with Crippen LogP contribution in [0.2, 0.25) is 0 Å². The zero-order chi connectivity index (χ0) is 13.9. The number of ether oxygens (including phenoxy) is 1. The van der Waals surface area contributed by atoms with E-state index in [0.29, 0.717) is 10.8 Å². The molecule has 0 unspecified atom stereocenters. The van der Waals surface area contributed by atoms with Gasteiger partial charge in [-0.3, -0.25) is 10.1 Å². The Balaban J connectivity index is 1.90. The molecule has 0 saturated carbocycles. The van der Waals surface area contributed by atoms with E-state index in [2.05, 4.69) is 15.3 Å². The summed E-state index contributed by atoms with van der Waals surface area (Å²) in [5, 5.41) is 6.00. The van der Waals surface area contributed by atoms with Crippen LogP contribution in [0.4, 0.5) is 5.13 Å². The highest BCUT2D eigenvalue weighted by Gasteiger charge is 2.10. The first kappa shape index (κ1) is 12.6. The summed E-state index contributed by atoms with van der Waals surface area (Å²) in [6.07, 6.45) is 1.64. The summed E-state index contributed by atoms with van der Waals surface area (Å²) >= 11 is 1.37. The van der Waals surface area contributed by atoms with Gasteiger partial charge in [-0.1, -0.05) is 6.07 Å². The highest BCUT2D eigenvalue weighted by atomic mass is 32.1. The maximum absolute atomic E-state index is 12.0. The Morgan fingerprint density at radius 3 is 2.95 bits per heavy atom. The highest BCUT2D eigenvalue weighted by Crippen LogP contribution is 2.20. The van der Waals surface area contributed by atoms with Crippen molar-refractivity contribution in [3.8, 4) is 5.75 Å². The number of aromatic nitrogens is 2. The molecular weight excluding hydrogens is 274 g/mol. The summed E-state index contributed by atoms with van der Waals surface area (Å²) in [5.74, 6) is 0.497. The van der Waals surface area contributed by atoms with E-state index in [-0.39, 0.29) is 5.91 Å². The average Bonchev–Trinajstić information content (AvgIpc) is 2.99. The highest BCUT2D eigenvalue weighted by molar-refractivity contribution is 7.13. The lowest BCUT2D eigenvalue weighted by Gasteiger charge is -2.04. The zero-order valence-electron chi connectivity index (χ0n) is 10.7. The maximum Gasteiger partial charge on any atom is 0.276 e. The third-order valence-electron chi connectivity index (χ3n) is 2.78. The minimum atomic E-state index is -0.266. The van der Waals surface area contributed by atoms with Gasteiger partial charge in [-0.2, -0.15) is 0 Å². The van der Waals surface area contributed by atoms with Gasteiger partial charge in [0.2, 0.25) is 0 Å². The Bertz CT molecular complexity index is 756. The van der Waals surface area contributed by atoms with Crippen molar-refractivity contribution in [1.29, 1.82) is 0 Å². The van der Waals surface area contributed by atoms with E-state index in [0.717, 1.165) is 16.7 Å². The molecule has 0 bridgehead atoms. The molecule has 2 heterocycles. The third kappa shape index (κ3) is 2.46. The standard InChI is InChI=1S/C14H11N3O2S/c1-19-10-3-5-11-9(8-10)2-4-12(16-11)13(18)17-14-15-6-7-20-14/h2-8H,1H3,(H,15,17,18). The quantitative estimate of drug-likeness (QED) is 0.803. The van der Waals surface area contributed by atoms with Gasteiger partial charge >= 0.3 is 0 Å². The minimum Gasteiger partial charge on any atom is -0.497 e. The molecule has 1 amide bonds. The Morgan fingerprint density at radius 1 is 1.30 bits per heavy atom. The molecule has 100 valence electrons. The van der Waals surface area contributed by atoms with Crippen LogP contribution >= 0.6 is 11.3 Å². The lowest BCUT2D eigenvalue weighted by molar-refractivity contribution is 0.102. The summed E-state index contributed by atoms with van der Waals surface area (Å²) < 4.78 is 5.16. The summed E-state index contributed by atoms with van der Waals surface area (Å²) in [4.78, 5) is 20.4. The van der Waals surface area contributed by atoms with Crippen LogP contribution in [-0.4, -0.2) is 23.0 Å². The molecule has 0 radical (unpaired) electrons. The van der Waals surface area contributed by atoms with Crippen molar-refractivity contribution in [2.75, 3.05) is 12.4 Å². The van der Waals surface area contributed by atoms with Crippen molar-refractivity contribution in [1.82, 2.24) is 9.97 Å². The molecule has 1 aromatic carbocycles. The fourth-order valence-corrected chi connectivity index (χ4v) is 2.33. The number of hydrogen-bond acceptors (Lipinski definition) is 5. The van der Waals surface area contributed by atoms with Crippen LogP contribution < -0.4 is 10.1 Å². The Labute approximate surface area is 119 Å². The van der Waals surface area contributed by atoms with E-state index in [1.54, 1.807) is 24.8 Å². The molecule has 0 saturated heterocycles. The number of nitrogens with one attached hydrogen (secondary N) is 1. The van der Waals surface area contributed by atoms with Gasteiger partial charge in [0.05, 0.1) is 12.6 Å². The van der Waals surface area contributed by atoms with Gasteiger partial charge < -0.3 is 4.74 Å². The van der Waals surface area contributed by atoms with Gasteiger partial charge in [0.25, 0.3) is 5.91 Å². The number of pyridine rings is 1. The average molecular weight is 285 g/mol. The molecule has 0 aliphatic rings. The fourth-order valence-electron chi connectivity index (χ4n) is 1.80. The molecule has 5 nitrogen and oxygen atoms in total. The van der Waals surface area contributed by atoms with Crippen LogP contribution in [0.5, 0.6) is 5.75 Å². The lowest BCUT2D eigenvalue weighted by atomic mass is 10.2. The second-order valence-corrected chi connectivity index (χ2v) is 4.94. The number of fused-ring (bicyclic) bond motifs is 1. The molecule has 0 spiro atoms. The molecule has 2 aromatic heterocycles. The van der Waals surface area contributed by atoms with Crippen LogP contribution in [0.3, 0.4) is 0 Å². The molecular formula is C14H11N3O2S.